The Morgan fingerprint density at radius 1 is 1.09 bits per heavy atom. The maximum absolute atomic E-state index is 12.9. The molecule has 0 saturated heterocycles. The highest BCUT2D eigenvalue weighted by atomic mass is 32.2. The molecule has 0 amide bonds. The van der Waals surface area contributed by atoms with Crippen molar-refractivity contribution < 1.29 is 23.0 Å². The number of alkyl halides is 3. The van der Waals surface area contributed by atoms with Gasteiger partial charge in [-0.2, -0.15) is 18.3 Å². The van der Waals surface area contributed by atoms with E-state index in [2.05, 4.69) is 33.8 Å². The average molecular weight is 493 g/mol. The predicted molar refractivity (Wildman–Crippen MR) is 130 cm³/mol. The van der Waals surface area contributed by atoms with E-state index in [9.17, 15) is 13.2 Å². The second kappa shape index (κ2) is 10.4. The third-order valence-corrected chi connectivity index (χ3v) is 6.69. The van der Waals surface area contributed by atoms with Crippen molar-refractivity contribution in [1.82, 2.24) is 9.78 Å². The molecule has 2 aromatic carbocycles. The normalized spacial score (nSPS) is 13.2. The van der Waals surface area contributed by atoms with E-state index < -0.39 is 11.7 Å². The summed E-state index contributed by atoms with van der Waals surface area (Å²) in [5.41, 5.74) is 2.74. The van der Waals surface area contributed by atoms with Crippen LogP contribution in [-0.4, -0.2) is 33.9 Å². The van der Waals surface area contributed by atoms with Crippen LogP contribution in [0.15, 0.2) is 53.6 Å². The number of hydrogen-bond donors (Lipinski definition) is 1. The molecule has 1 heterocycles. The summed E-state index contributed by atoms with van der Waals surface area (Å²) in [6, 6.07) is 11.1. The Hall–Kier alpha value is -2.45. The molecule has 3 aromatic rings. The summed E-state index contributed by atoms with van der Waals surface area (Å²) in [4.78, 5) is 1.12. The Morgan fingerprint density at radius 2 is 1.76 bits per heavy atom. The molecule has 0 bridgehead atoms. The highest BCUT2D eigenvalue weighted by Gasteiger charge is 2.30. The molecule has 1 aromatic heterocycles. The van der Waals surface area contributed by atoms with E-state index in [-0.39, 0.29) is 24.5 Å². The third-order valence-electron chi connectivity index (χ3n) is 5.44. The van der Waals surface area contributed by atoms with Crippen LogP contribution in [0.25, 0.3) is 5.69 Å². The fourth-order valence-electron chi connectivity index (χ4n) is 3.61. The monoisotopic (exact) mass is 492 g/mol. The van der Waals surface area contributed by atoms with Crippen molar-refractivity contribution in [2.45, 2.75) is 57.0 Å². The molecule has 0 aliphatic carbocycles. The van der Waals surface area contributed by atoms with Gasteiger partial charge in [0.25, 0.3) is 0 Å². The average Bonchev–Trinajstić information content (AvgIpc) is 3.23. The SMILES string of the molecule is Cc1cc(SCC(C)c2cn(-c3ccc(C(F)(F)F)cc3)nc2C(C)(C)C)ccc1OCCO. The highest BCUT2D eigenvalue weighted by Crippen LogP contribution is 2.35. The minimum atomic E-state index is -4.36. The minimum absolute atomic E-state index is 0.0241. The number of halogens is 3. The lowest BCUT2D eigenvalue weighted by Crippen LogP contribution is -2.16. The van der Waals surface area contributed by atoms with Crippen molar-refractivity contribution in [3.05, 3.63) is 71.0 Å². The predicted octanol–water partition coefficient (Wildman–Crippen LogP) is 6.76. The minimum Gasteiger partial charge on any atom is -0.491 e. The Labute approximate surface area is 203 Å². The van der Waals surface area contributed by atoms with Crippen LogP contribution in [0.3, 0.4) is 0 Å². The number of aryl methyl sites for hydroxylation is 1. The van der Waals surface area contributed by atoms with Gasteiger partial charge in [0.05, 0.1) is 23.6 Å². The van der Waals surface area contributed by atoms with E-state index in [0.29, 0.717) is 5.69 Å². The van der Waals surface area contributed by atoms with Gasteiger partial charge in [0, 0.05) is 22.3 Å². The number of aromatic nitrogens is 2. The molecule has 34 heavy (non-hydrogen) atoms. The van der Waals surface area contributed by atoms with Crippen molar-refractivity contribution in [1.29, 1.82) is 0 Å². The molecular formula is C26H31F3N2O2S. The molecule has 4 nitrogen and oxygen atoms in total. The van der Waals surface area contributed by atoms with Gasteiger partial charge in [0.1, 0.15) is 12.4 Å². The van der Waals surface area contributed by atoms with Crippen LogP contribution in [0.5, 0.6) is 5.75 Å². The second-order valence-electron chi connectivity index (χ2n) is 9.38. The van der Waals surface area contributed by atoms with Crippen molar-refractivity contribution >= 4 is 11.8 Å². The smallest absolute Gasteiger partial charge is 0.416 e. The third kappa shape index (κ3) is 6.36. The molecular weight excluding hydrogens is 461 g/mol. The number of aliphatic hydroxyl groups excluding tert-OH is 1. The van der Waals surface area contributed by atoms with Crippen LogP contribution in [0.1, 0.15) is 56.0 Å². The summed E-state index contributed by atoms with van der Waals surface area (Å²) in [6.07, 6.45) is -2.43. The van der Waals surface area contributed by atoms with Crippen LogP contribution in [0.4, 0.5) is 13.2 Å². The second-order valence-corrected chi connectivity index (χ2v) is 10.5. The molecule has 1 N–H and O–H groups in total. The summed E-state index contributed by atoms with van der Waals surface area (Å²) in [6.45, 7) is 10.6. The number of thioether (sulfide) groups is 1. The summed E-state index contributed by atoms with van der Waals surface area (Å²) >= 11 is 1.73. The maximum atomic E-state index is 12.9. The lowest BCUT2D eigenvalue weighted by atomic mass is 9.86. The number of hydrogen-bond acceptors (Lipinski definition) is 4. The van der Waals surface area contributed by atoms with E-state index in [4.69, 9.17) is 14.9 Å². The largest absolute Gasteiger partial charge is 0.491 e. The summed E-state index contributed by atoms with van der Waals surface area (Å²) in [7, 11) is 0. The fourth-order valence-corrected chi connectivity index (χ4v) is 4.65. The van der Waals surface area contributed by atoms with Gasteiger partial charge in [-0.25, -0.2) is 4.68 Å². The summed E-state index contributed by atoms with van der Waals surface area (Å²) < 4.78 is 46.0. The van der Waals surface area contributed by atoms with Gasteiger partial charge in [-0.05, 0) is 66.4 Å². The molecule has 3 rings (SSSR count). The van der Waals surface area contributed by atoms with Gasteiger partial charge in [0.2, 0.25) is 0 Å². The van der Waals surface area contributed by atoms with Crippen LogP contribution in [-0.2, 0) is 11.6 Å². The standard InChI is InChI=1S/C26H31F3N2O2S/c1-17-14-21(10-11-23(17)33-13-12-32)34-16-18(2)22-15-31(30-24(22)25(3,4)5)20-8-6-19(7-9-20)26(27,28)29/h6-11,14-15,18,32H,12-13,16H2,1-5H3. The van der Waals surface area contributed by atoms with Crippen molar-refractivity contribution in [3.63, 3.8) is 0 Å². The first-order chi connectivity index (χ1) is 15.9. The first-order valence-electron chi connectivity index (χ1n) is 11.1. The molecule has 0 spiro atoms. The molecule has 1 unspecified atom stereocenters. The van der Waals surface area contributed by atoms with Crippen LogP contribution >= 0.6 is 11.8 Å². The highest BCUT2D eigenvalue weighted by molar-refractivity contribution is 7.99. The van der Waals surface area contributed by atoms with E-state index >= 15 is 0 Å². The number of ether oxygens (including phenoxy) is 1. The van der Waals surface area contributed by atoms with Gasteiger partial charge in [-0.1, -0.05) is 27.7 Å². The lowest BCUT2D eigenvalue weighted by Gasteiger charge is -2.20. The van der Waals surface area contributed by atoms with Crippen molar-refractivity contribution in [2.24, 2.45) is 0 Å². The number of benzene rings is 2. The first-order valence-corrected chi connectivity index (χ1v) is 12.1. The molecule has 1 atom stereocenters. The van der Waals surface area contributed by atoms with Gasteiger partial charge in [-0.3, -0.25) is 0 Å². The van der Waals surface area contributed by atoms with Crippen LogP contribution < -0.4 is 4.74 Å². The molecule has 0 saturated carbocycles. The Bertz CT molecular complexity index is 1100. The zero-order valence-electron chi connectivity index (χ0n) is 20.1. The number of aliphatic hydroxyl groups is 1. The number of nitrogens with zero attached hydrogens (tertiary/aromatic N) is 2. The van der Waals surface area contributed by atoms with Crippen LogP contribution in [0, 0.1) is 6.92 Å². The summed E-state index contributed by atoms with van der Waals surface area (Å²) in [5.74, 6) is 1.75. The summed E-state index contributed by atoms with van der Waals surface area (Å²) in [5, 5.41) is 13.7. The Kier molecular flexibility index (Phi) is 8.03. The molecule has 0 radical (unpaired) electrons. The van der Waals surface area contributed by atoms with Gasteiger partial charge < -0.3 is 9.84 Å². The Morgan fingerprint density at radius 3 is 2.32 bits per heavy atom. The van der Waals surface area contributed by atoms with Crippen molar-refractivity contribution in [3.8, 4) is 11.4 Å². The van der Waals surface area contributed by atoms with Gasteiger partial charge >= 0.3 is 6.18 Å². The molecule has 0 aliphatic rings. The van der Waals surface area contributed by atoms with E-state index in [1.807, 2.05) is 25.3 Å². The van der Waals surface area contributed by atoms with E-state index in [0.717, 1.165) is 45.4 Å². The Balaban J connectivity index is 1.80. The van der Waals surface area contributed by atoms with E-state index in [1.54, 1.807) is 16.4 Å². The van der Waals surface area contributed by atoms with Crippen molar-refractivity contribution in [2.75, 3.05) is 19.0 Å². The first kappa shape index (κ1) is 26.2. The van der Waals surface area contributed by atoms with Gasteiger partial charge in [0.15, 0.2) is 0 Å². The molecule has 184 valence electrons. The van der Waals surface area contributed by atoms with Gasteiger partial charge in [-0.15, -0.1) is 11.8 Å². The maximum Gasteiger partial charge on any atom is 0.416 e. The molecule has 8 heteroatoms. The zero-order chi connectivity index (χ0) is 25.1. The molecule has 0 fully saturated rings. The molecule has 0 aliphatic heterocycles. The lowest BCUT2D eigenvalue weighted by molar-refractivity contribution is -0.137. The number of rotatable bonds is 8. The fraction of sp³-hybridized carbons (Fsp3) is 0.423. The topological polar surface area (TPSA) is 47.3 Å². The van der Waals surface area contributed by atoms with Crippen LogP contribution in [0.2, 0.25) is 0 Å². The van der Waals surface area contributed by atoms with E-state index in [1.165, 1.54) is 12.1 Å². The quantitative estimate of drug-likeness (QED) is 0.353. The zero-order valence-corrected chi connectivity index (χ0v) is 20.9.